The van der Waals surface area contributed by atoms with Gasteiger partial charge in [-0.05, 0) is 6.92 Å². The molecule has 3 N–H and O–H groups in total. The summed E-state index contributed by atoms with van der Waals surface area (Å²) in [6, 6.07) is 0. The van der Waals surface area contributed by atoms with E-state index in [1.54, 1.807) is 10.9 Å². The lowest BCUT2D eigenvalue weighted by atomic mass is 10.2. The summed E-state index contributed by atoms with van der Waals surface area (Å²) in [4.78, 5) is 6.49. The first-order chi connectivity index (χ1) is 9.61. The molecule has 0 radical (unpaired) electrons. The third kappa shape index (κ3) is 1.80. The number of rotatable bonds is 2. The monoisotopic (exact) mass is 275 g/mol. The van der Waals surface area contributed by atoms with Crippen LogP contribution in [0.3, 0.4) is 0 Å². The summed E-state index contributed by atoms with van der Waals surface area (Å²) in [7, 11) is 1.86. The Labute approximate surface area is 116 Å². The van der Waals surface area contributed by atoms with Crippen LogP contribution in [0.1, 0.15) is 17.1 Å². The van der Waals surface area contributed by atoms with Crippen LogP contribution in [0.25, 0.3) is 0 Å². The molecule has 0 fully saturated rings. The number of fused-ring (bicyclic) bond motifs is 1. The molecule has 0 saturated heterocycles. The van der Waals surface area contributed by atoms with Crippen molar-refractivity contribution in [1.29, 1.82) is 0 Å². The minimum absolute atomic E-state index is 0.0829. The van der Waals surface area contributed by atoms with Gasteiger partial charge in [0.2, 0.25) is 0 Å². The van der Waals surface area contributed by atoms with Crippen LogP contribution in [0.5, 0.6) is 0 Å². The molecule has 20 heavy (non-hydrogen) atoms. The van der Waals surface area contributed by atoms with E-state index >= 15 is 0 Å². The Morgan fingerprint density at radius 1 is 1.45 bits per heavy atom. The van der Waals surface area contributed by atoms with E-state index in [9.17, 15) is 0 Å². The lowest BCUT2D eigenvalue weighted by molar-refractivity contribution is 0.318. The third-order valence-corrected chi connectivity index (χ3v) is 3.60. The topological polar surface area (TPSA) is 97.5 Å². The van der Waals surface area contributed by atoms with Crippen molar-refractivity contribution < 1.29 is 5.21 Å². The molecule has 3 heterocycles. The molecule has 0 atom stereocenters. The molecule has 0 amide bonds. The molecule has 0 aliphatic carbocycles. The SMILES string of the molecule is Cc1nn(C)c(N2CCn3ccnc3C2)c1C(N)=NO. The van der Waals surface area contributed by atoms with Gasteiger partial charge in [-0.3, -0.25) is 4.68 Å². The minimum Gasteiger partial charge on any atom is -0.409 e. The van der Waals surface area contributed by atoms with Crippen LogP contribution in [-0.4, -0.2) is 36.9 Å². The van der Waals surface area contributed by atoms with Crippen molar-refractivity contribution in [3.8, 4) is 0 Å². The van der Waals surface area contributed by atoms with Crippen LogP contribution in [-0.2, 0) is 20.1 Å². The largest absolute Gasteiger partial charge is 0.409 e. The van der Waals surface area contributed by atoms with E-state index in [2.05, 4.69) is 24.7 Å². The quantitative estimate of drug-likeness (QED) is 0.349. The summed E-state index contributed by atoms with van der Waals surface area (Å²) in [5.41, 5.74) is 7.21. The maximum Gasteiger partial charge on any atom is 0.175 e. The second-order valence-electron chi connectivity index (χ2n) is 4.85. The van der Waals surface area contributed by atoms with Crippen LogP contribution < -0.4 is 10.6 Å². The fraction of sp³-hybridized carbons (Fsp3) is 0.417. The molecule has 0 saturated carbocycles. The second-order valence-corrected chi connectivity index (χ2v) is 4.85. The van der Waals surface area contributed by atoms with E-state index in [4.69, 9.17) is 10.9 Å². The van der Waals surface area contributed by atoms with E-state index in [0.29, 0.717) is 12.1 Å². The van der Waals surface area contributed by atoms with Gasteiger partial charge in [-0.15, -0.1) is 0 Å². The molecule has 8 nitrogen and oxygen atoms in total. The van der Waals surface area contributed by atoms with Crippen LogP contribution in [0.15, 0.2) is 17.5 Å². The minimum atomic E-state index is 0.0829. The number of anilines is 1. The Balaban J connectivity index is 2.03. The van der Waals surface area contributed by atoms with Crippen molar-refractivity contribution in [3.63, 3.8) is 0 Å². The highest BCUT2D eigenvalue weighted by Gasteiger charge is 2.25. The van der Waals surface area contributed by atoms with Gasteiger partial charge in [-0.1, -0.05) is 5.16 Å². The molecule has 1 aliphatic heterocycles. The van der Waals surface area contributed by atoms with E-state index < -0.39 is 0 Å². The molecule has 2 aromatic rings. The van der Waals surface area contributed by atoms with Crippen molar-refractivity contribution >= 4 is 11.7 Å². The molecule has 1 aliphatic rings. The Kier molecular flexibility index (Phi) is 2.85. The van der Waals surface area contributed by atoms with Crippen molar-refractivity contribution in [1.82, 2.24) is 19.3 Å². The summed E-state index contributed by atoms with van der Waals surface area (Å²) in [5.74, 6) is 1.94. The van der Waals surface area contributed by atoms with E-state index in [1.807, 2.05) is 20.2 Å². The predicted molar refractivity (Wildman–Crippen MR) is 73.7 cm³/mol. The fourth-order valence-corrected chi connectivity index (χ4v) is 2.71. The molecular formula is C12H17N7O. The number of nitrogens with two attached hydrogens (primary N) is 1. The third-order valence-electron chi connectivity index (χ3n) is 3.60. The molecule has 0 aromatic carbocycles. The van der Waals surface area contributed by atoms with Gasteiger partial charge in [0.25, 0.3) is 0 Å². The molecule has 2 aromatic heterocycles. The Morgan fingerprint density at radius 3 is 3.00 bits per heavy atom. The summed E-state index contributed by atoms with van der Waals surface area (Å²) < 4.78 is 3.89. The zero-order valence-corrected chi connectivity index (χ0v) is 11.5. The number of hydrogen-bond acceptors (Lipinski definition) is 5. The van der Waals surface area contributed by atoms with Gasteiger partial charge in [-0.2, -0.15) is 5.10 Å². The molecule has 0 spiro atoms. The molecular weight excluding hydrogens is 258 g/mol. The van der Waals surface area contributed by atoms with Gasteiger partial charge in [-0.25, -0.2) is 4.98 Å². The number of amidine groups is 1. The van der Waals surface area contributed by atoms with Crippen LogP contribution in [0.4, 0.5) is 5.82 Å². The maximum absolute atomic E-state index is 8.96. The average Bonchev–Trinajstić information content (AvgIpc) is 3.00. The van der Waals surface area contributed by atoms with Gasteiger partial charge in [0, 0.05) is 32.5 Å². The van der Waals surface area contributed by atoms with Crippen LogP contribution in [0.2, 0.25) is 0 Å². The Bertz CT molecular complexity index is 669. The van der Waals surface area contributed by atoms with E-state index in [-0.39, 0.29) is 5.84 Å². The summed E-state index contributed by atoms with van der Waals surface area (Å²) in [5, 5.41) is 16.5. The first-order valence-electron chi connectivity index (χ1n) is 6.38. The maximum atomic E-state index is 8.96. The van der Waals surface area contributed by atoms with Crippen molar-refractivity contribution in [2.45, 2.75) is 20.0 Å². The van der Waals surface area contributed by atoms with Gasteiger partial charge in [0.1, 0.15) is 11.6 Å². The second kappa shape index (κ2) is 4.55. The summed E-state index contributed by atoms with van der Waals surface area (Å²) in [6.45, 7) is 4.21. The van der Waals surface area contributed by atoms with Crippen LogP contribution in [0, 0.1) is 6.92 Å². The first-order valence-corrected chi connectivity index (χ1v) is 6.38. The van der Waals surface area contributed by atoms with E-state index in [0.717, 1.165) is 30.4 Å². The van der Waals surface area contributed by atoms with Crippen molar-refractivity contribution in [3.05, 3.63) is 29.5 Å². The highest BCUT2D eigenvalue weighted by Crippen LogP contribution is 2.26. The molecule has 3 rings (SSSR count). The predicted octanol–water partition coefficient (Wildman–Crippen LogP) is 0.0397. The molecule has 0 unspecified atom stereocenters. The Morgan fingerprint density at radius 2 is 2.25 bits per heavy atom. The highest BCUT2D eigenvalue weighted by molar-refractivity contribution is 6.02. The zero-order valence-electron chi connectivity index (χ0n) is 11.5. The summed E-state index contributed by atoms with van der Waals surface area (Å²) in [6.07, 6.45) is 3.78. The number of imidazole rings is 1. The summed E-state index contributed by atoms with van der Waals surface area (Å²) >= 11 is 0. The zero-order chi connectivity index (χ0) is 14.3. The van der Waals surface area contributed by atoms with Crippen molar-refractivity contribution in [2.75, 3.05) is 11.4 Å². The Hall–Kier alpha value is -2.51. The van der Waals surface area contributed by atoms with Gasteiger partial charge in [0.05, 0.1) is 17.8 Å². The smallest absolute Gasteiger partial charge is 0.175 e. The van der Waals surface area contributed by atoms with Crippen molar-refractivity contribution in [2.24, 2.45) is 17.9 Å². The standard InChI is InChI=1S/C12H17N7O/c1-8-10(11(13)16-20)12(17(2)15-8)19-6-5-18-4-3-14-9(18)7-19/h3-4,20H,5-7H2,1-2H3,(H2,13,16). The number of aromatic nitrogens is 4. The van der Waals surface area contributed by atoms with Gasteiger partial charge >= 0.3 is 0 Å². The molecule has 106 valence electrons. The molecule has 0 bridgehead atoms. The van der Waals surface area contributed by atoms with E-state index in [1.165, 1.54) is 0 Å². The number of nitrogens with zero attached hydrogens (tertiary/aromatic N) is 6. The lowest BCUT2D eigenvalue weighted by Gasteiger charge is -2.30. The first kappa shape index (κ1) is 12.5. The van der Waals surface area contributed by atoms with Crippen LogP contribution >= 0.6 is 0 Å². The molecule has 8 heteroatoms. The number of aryl methyl sites for hydroxylation is 2. The number of hydrogen-bond donors (Lipinski definition) is 2. The normalized spacial score (nSPS) is 15.5. The lowest BCUT2D eigenvalue weighted by Crippen LogP contribution is -2.36. The fourth-order valence-electron chi connectivity index (χ4n) is 2.71. The number of oxime groups is 1. The van der Waals surface area contributed by atoms with Gasteiger partial charge < -0.3 is 20.4 Å². The average molecular weight is 275 g/mol. The van der Waals surface area contributed by atoms with Gasteiger partial charge in [0.15, 0.2) is 5.84 Å². The highest BCUT2D eigenvalue weighted by atomic mass is 16.4.